The van der Waals surface area contributed by atoms with Gasteiger partial charge in [-0.3, -0.25) is 0 Å². The molecule has 1 aromatic rings. The third-order valence-corrected chi connectivity index (χ3v) is 3.30. The van der Waals surface area contributed by atoms with E-state index in [0.29, 0.717) is 6.04 Å². The van der Waals surface area contributed by atoms with E-state index < -0.39 is 0 Å². The summed E-state index contributed by atoms with van der Waals surface area (Å²) >= 11 is 0. The lowest BCUT2D eigenvalue weighted by molar-refractivity contribution is 0.479. The lowest BCUT2D eigenvalue weighted by atomic mass is 9.94. The summed E-state index contributed by atoms with van der Waals surface area (Å²) in [6.07, 6.45) is 5.02. The Morgan fingerprint density at radius 3 is 2.86 bits per heavy atom. The van der Waals surface area contributed by atoms with Crippen LogP contribution in [0.2, 0.25) is 0 Å². The van der Waals surface area contributed by atoms with Crippen LogP contribution in [0.5, 0.6) is 0 Å². The van der Waals surface area contributed by atoms with Crippen LogP contribution in [0.3, 0.4) is 0 Å². The molecule has 1 aliphatic carbocycles. The lowest BCUT2D eigenvalue weighted by Crippen LogP contribution is -2.25. The first-order valence-corrected chi connectivity index (χ1v) is 5.57. The average Bonchev–Trinajstić information content (AvgIpc) is 2.52. The van der Waals surface area contributed by atoms with Gasteiger partial charge in [-0.2, -0.15) is 0 Å². The van der Waals surface area contributed by atoms with Gasteiger partial charge in [-0.25, -0.2) is 0 Å². The molecule has 1 nitrogen and oxygen atoms in total. The van der Waals surface area contributed by atoms with Gasteiger partial charge in [-0.15, -0.1) is 0 Å². The first-order valence-electron chi connectivity index (χ1n) is 5.57. The van der Waals surface area contributed by atoms with Crippen molar-refractivity contribution in [3.8, 4) is 0 Å². The highest BCUT2D eigenvalue weighted by Crippen LogP contribution is 2.27. The Kier molecular flexibility index (Phi) is 2.87. The molecule has 1 fully saturated rings. The van der Waals surface area contributed by atoms with Crippen LogP contribution in [0.1, 0.15) is 30.4 Å². The fourth-order valence-corrected chi connectivity index (χ4v) is 2.46. The van der Waals surface area contributed by atoms with Gasteiger partial charge in [-0.1, -0.05) is 36.2 Å². The highest BCUT2D eigenvalue weighted by molar-refractivity contribution is 5.22. The zero-order chi connectivity index (χ0) is 9.97. The van der Waals surface area contributed by atoms with Crippen LogP contribution < -0.4 is 5.73 Å². The standard InChI is InChI=1S/C13H19N/c1-10-4-2-5-11(8-10)9-12-6-3-7-13(12)14/h2,4-5,8,12-13H,3,6-7,9,14H2,1H3. The summed E-state index contributed by atoms with van der Waals surface area (Å²) in [7, 11) is 0. The Balaban J connectivity index is 2.03. The maximum Gasteiger partial charge on any atom is 0.00703 e. The van der Waals surface area contributed by atoms with Gasteiger partial charge in [0.2, 0.25) is 0 Å². The predicted octanol–water partition coefficient (Wildman–Crippen LogP) is 2.66. The summed E-state index contributed by atoms with van der Waals surface area (Å²) in [6, 6.07) is 9.24. The summed E-state index contributed by atoms with van der Waals surface area (Å²) in [5.41, 5.74) is 8.87. The van der Waals surface area contributed by atoms with E-state index in [1.807, 2.05) is 0 Å². The number of hydrogen-bond donors (Lipinski definition) is 1. The molecule has 0 radical (unpaired) electrons. The molecule has 0 amide bonds. The molecule has 2 rings (SSSR count). The fourth-order valence-electron chi connectivity index (χ4n) is 2.46. The highest BCUT2D eigenvalue weighted by atomic mass is 14.7. The van der Waals surface area contributed by atoms with Gasteiger partial charge >= 0.3 is 0 Å². The quantitative estimate of drug-likeness (QED) is 0.760. The minimum absolute atomic E-state index is 0.440. The number of benzene rings is 1. The molecular formula is C13H19N. The molecule has 76 valence electrons. The maximum atomic E-state index is 6.06. The van der Waals surface area contributed by atoms with Crippen LogP contribution in [0.15, 0.2) is 24.3 Å². The van der Waals surface area contributed by atoms with Crippen molar-refractivity contribution in [2.45, 2.75) is 38.6 Å². The topological polar surface area (TPSA) is 26.0 Å². The number of nitrogens with two attached hydrogens (primary N) is 1. The van der Waals surface area contributed by atoms with E-state index in [4.69, 9.17) is 5.73 Å². The molecule has 2 N–H and O–H groups in total. The van der Waals surface area contributed by atoms with Gasteiger partial charge < -0.3 is 5.73 Å². The number of hydrogen-bond acceptors (Lipinski definition) is 1. The molecule has 0 bridgehead atoms. The molecule has 0 heterocycles. The van der Waals surface area contributed by atoms with Gasteiger partial charge in [0.05, 0.1) is 0 Å². The highest BCUT2D eigenvalue weighted by Gasteiger charge is 2.23. The monoisotopic (exact) mass is 189 g/mol. The molecular weight excluding hydrogens is 170 g/mol. The Morgan fingerprint density at radius 1 is 1.36 bits per heavy atom. The van der Waals surface area contributed by atoms with Crippen molar-refractivity contribution in [2.24, 2.45) is 11.7 Å². The first-order chi connectivity index (χ1) is 6.75. The van der Waals surface area contributed by atoms with Crippen molar-refractivity contribution in [1.82, 2.24) is 0 Å². The number of rotatable bonds is 2. The first kappa shape index (κ1) is 9.72. The predicted molar refractivity (Wildman–Crippen MR) is 60.2 cm³/mol. The van der Waals surface area contributed by atoms with E-state index in [-0.39, 0.29) is 0 Å². The van der Waals surface area contributed by atoms with Crippen LogP contribution in [0.4, 0.5) is 0 Å². The smallest absolute Gasteiger partial charge is 0.00703 e. The average molecular weight is 189 g/mol. The molecule has 1 saturated carbocycles. The lowest BCUT2D eigenvalue weighted by Gasteiger charge is -2.15. The molecule has 2 atom stereocenters. The second-order valence-electron chi connectivity index (χ2n) is 4.55. The van der Waals surface area contributed by atoms with Crippen molar-refractivity contribution in [3.63, 3.8) is 0 Å². The minimum Gasteiger partial charge on any atom is -0.327 e. The largest absolute Gasteiger partial charge is 0.327 e. The summed E-state index contributed by atoms with van der Waals surface area (Å²) in [5.74, 6) is 0.719. The van der Waals surface area contributed by atoms with E-state index in [1.54, 1.807) is 0 Å². The van der Waals surface area contributed by atoms with Gasteiger partial charge in [-0.05, 0) is 37.7 Å². The van der Waals surface area contributed by atoms with Crippen molar-refractivity contribution >= 4 is 0 Å². The molecule has 1 aliphatic rings. The van der Waals surface area contributed by atoms with Crippen LogP contribution >= 0.6 is 0 Å². The number of aryl methyl sites for hydroxylation is 1. The summed E-state index contributed by atoms with van der Waals surface area (Å²) in [6.45, 7) is 2.15. The molecule has 1 aromatic carbocycles. The molecule has 0 aliphatic heterocycles. The van der Waals surface area contributed by atoms with Crippen LogP contribution in [-0.4, -0.2) is 6.04 Å². The van der Waals surface area contributed by atoms with E-state index in [0.717, 1.165) is 5.92 Å². The van der Waals surface area contributed by atoms with E-state index >= 15 is 0 Å². The normalized spacial score (nSPS) is 26.7. The van der Waals surface area contributed by atoms with Crippen molar-refractivity contribution in [2.75, 3.05) is 0 Å². The molecule has 0 aromatic heterocycles. The Bertz CT molecular complexity index is 306. The molecule has 1 heteroatoms. The van der Waals surface area contributed by atoms with Gasteiger partial charge in [0.25, 0.3) is 0 Å². The van der Waals surface area contributed by atoms with Gasteiger partial charge in [0.15, 0.2) is 0 Å². The van der Waals surface area contributed by atoms with Gasteiger partial charge in [0, 0.05) is 6.04 Å². The van der Waals surface area contributed by atoms with E-state index in [2.05, 4.69) is 31.2 Å². The van der Waals surface area contributed by atoms with Crippen LogP contribution in [-0.2, 0) is 6.42 Å². The third-order valence-electron chi connectivity index (χ3n) is 3.30. The molecule has 0 spiro atoms. The van der Waals surface area contributed by atoms with Crippen LogP contribution in [0.25, 0.3) is 0 Å². The van der Waals surface area contributed by atoms with Crippen molar-refractivity contribution < 1.29 is 0 Å². The zero-order valence-electron chi connectivity index (χ0n) is 8.87. The Hall–Kier alpha value is -0.820. The second kappa shape index (κ2) is 4.14. The van der Waals surface area contributed by atoms with Crippen LogP contribution in [0, 0.1) is 12.8 Å². The van der Waals surface area contributed by atoms with Gasteiger partial charge in [0.1, 0.15) is 0 Å². The maximum absolute atomic E-state index is 6.06. The molecule has 0 saturated heterocycles. The summed E-state index contributed by atoms with van der Waals surface area (Å²) in [5, 5.41) is 0. The molecule has 14 heavy (non-hydrogen) atoms. The zero-order valence-corrected chi connectivity index (χ0v) is 8.87. The van der Waals surface area contributed by atoms with Crippen molar-refractivity contribution in [3.05, 3.63) is 35.4 Å². The van der Waals surface area contributed by atoms with E-state index in [9.17, 15) is 0 Å². The minimum atomic E-state index is 0.440. The molecule has 2 unspecified atom stereocenters. The Morgan fingerprint density at radius 2 is 2.21 bits per heavy atom. The third kappa shape index (κ3) is 2.16. The fraction of sp³-hybridized carbons (Fsp3) is 0.538. The Labute approximate surface area is 86.3 Å². The van der Waals surface area contributed by atoms with Crippen molar-refractivity contribution in [1.29, 1.82) is 0 Å². The SMILES string of the molecule is Cc1cccc(CC2CCCC2N)c1. The second-order valence-corrected chi connectivity index (χ2v) is 4.55. The summed E-state index contributed by atoms with van der Waals surface area (Å²) < 4.78 is 0. The van der Waals surface area contributed by atoms with E-state index in [1.165, 1.54) is 36.8 Å². The summed E-state index contributed by atoms with van der Waals surface area (Å²) in [4.78, 5) is 0.